The summed E-state index contributed by atoms with van der Waals surface area (Å²) in [5.74, 6) is 0.771. The van der Waals surface area contributed by atoms with Gasteiger partial charge in [-0.1, -0.05) is 0 Å². The smallest absolute Gasteiger partial charge is 0.432 e. The van der Waals surface area contributed by atoms with E-state index in [-0.39, 0.29) is 19.8 Å². The molecule has 29 heteroatoms. The maximum absolute atomic E-state index is 13.5. The number of imidazole rings is 2. The van der Waals surface area contributed by atoms with Crippen LogP contribution in [-0.4, -0.2) is 133 Å². The Bertz CT molecular complexity index is 2180. The van der Waals surface area contributed by atoms with Crippen molar-refractivity contribution in [1.29, 1.82) is 0 Å². The molecule has 4 aromatic rings. The molecule has 4 aromatic heterocycles. The molecule has 0 aliphatic rings. The lowest BCUT2D eigenvalue weighted by molar-refractivity contribution is -0.0370. The molecule has 0 fully saturated rings. The minimum atomic E-state index is -4.26. The molecule has 0 radical (unpaired) electrons. The van der Waals surface area contributed by atoms with Crippen LogP contribution in [0.2, 0.25) is 0 Å². The van der Waals surface area contributed by atoms with Crippen molar-refractivity contribution in [3.05, 3.63) is 25.3 Å². The quantitative estimate of drug-likeness (QED) is 0.0317. The Morgan fingerprint density at radius 2 is 1.00 bits per heavy atom. The Morgan fingerprint density at radius 3 is 1.41 bits per heavy atom. The van der Waals surface area contributed by atoms with Gasteiger partial charge in [0.2, 0.25) is 20.4 Å². The van der Waals surface area contributed by atoms with E-state index in [0.717, 1.165) is 0 Å². The number of hydrogen-bond donors (Lipinski definition) is 3. The summed E-state index contributed by atoms with van der Waals surface area (Å²) in [6.07, 6.45) is -1.32. The standard InChI is InChI=1S/C34H52N10O17P2/c1-21(2)59-32(45)51-16-56-62(48,49)19-54-24(7)9-43-14-41-26-28(37-12-39-30(26)43)35-11-36-29-27-31(40-13-38-29)44(15-42-27)10-25(8)55-20-63(50,57-17-52-33(46)60-22(3)4)58-18-53-34(47)61-23(5)6/h12-15,21-25H,9-11,16-20H2,1-8H3,(H,48,49)(H,35,37,39)(H,36,38,40). The molecule has 27 nitrogen and oxygen atoms in total. The van der Waals surface area contributed by atoms with E-state index < -0.39 is 97.3 Å². The van der Waals surface area contributed by atoms with Crippen LogP contribution in [0.3, 0.4) is 0 Å². The highest BCUT2D eigenvalue weighted by molar-refractivity contribution is 7.53. The van der Waals surface area contributed by atoms with Crippen LogP contribution in [0.25, 0.3) is 22.3 Å². The van der Waals surface area contributed by atoms with Gasteiger partial charge in [-0.15, -0.1) is 0 Å². The fourth-order valence-electron chi connectivity index (χ4n) is 4.89. The van der Waals surface area contributed by atoms with E-state index >= 15 is 0 Å². The van der Waals surface area contributed by atoms with Crippen LogP contribution in [0.4, 0.5) is 26.0 Å². The van der Waals surface area contributed by atoms with Crippen molar-refractivity contribution >= 4 is 67.6 Å². The van der Waals surface area contributed by atoms with Gasteiger partial charge in [-0.05, 0) is 55.4 Å². The van der Waals surface area contributed by atoms with Gasteiger partial charge < -0.3 is 62.6 Å². The van der Waals surface area contributed by atoms with Crippen LogP contribution in [0.15, 0.2) is 25.3 Å². The SMILES string of the molecule is CC(C)OC(=O)OCOP(=O)(O)COC(C)Cn1cnc2c(NCNc3ncnc4c3ncn4CC(C)OCP(=O)(OCOC(=O)OC(C)C)OCOC(=O)OC(C)C)ncnc21. The van der Waals surface area contributed by atoms with Crippen molar-refractivity contribution < 1.29 is 79.9 Å². The number of nitrogens with one attached hydrogen (secondary N) is 2. The number of carbonyl (C=O) groups excluding carboxylic acids is 3. The summed E-state index contributed by atoms with van der Waals surface area (Å²) in [7, 11) is -8.45. The summed E-state index contributed by atoms with van der Waals surface area (Å²) in [4.78, 5) is 71.2. The largest absolute Gasteiger partial charge is 0.510 e. The molecule has 350 valence electrons. The summed E-state index contributed by atoms with van der Waals surface area (Å²) in [6.45, 7) is 11.1. The lowest BCUT2D eigenvalue weighted by Crippen LogP contribution is -2.20. The molecule has 4 rings (SSSR count). The first-order valence-corrected chi connectivity index (χ1v) is 22.7. The number of aromatic nitrogens is 8. The van der Waals surface area contributed by atoms with Crippen molar-refractivity contribution in [3.63, 3.8) is 0 Å². The first-order valence-electron chi connectivity index (χ1n) is 19.2. The fourth-order valence-corrected chi connectivity index (χ4v) is 6.72. The predicted octanol–water partition coefficient (Wildman–Crippen LogP) is 5.16. The van der Waals surface area contributed by atoms with Crippen LogP contribution in [0.5, 0.6) is 0 Å². The Hall–Kier alpha value is -5.27. The van der Waals surface area contributed by atoms with E-state index in [1.165, 1.54) is 25.3 Å². The molecule has 4 heterocycles. The zero-order valence-corrected chi connectivity index (χ0v) is 37.6. The third kappa shape index (κ3) is 17.1. The second-order valence-corrected chi connectivity index (χ2v) is 17.8. The summed E-state index contributed by atoms with van der Waals surface area (Å²) in [5, 5.41) is 6.29. The number of hydrogen-bond acceptors (Lipinski definition) is 24. The van der Waals surface area contributed by atoms with Crippen molar-refractivity contribution in [2.24, 2.45) is 0 Å². The topological polar surface area (TPSA) is 318 Å². The fraction of sp³-hybridized carbons (Fsp3) is 0.618. The monoisotopic (exact) mass is 934 g/mol. The van der Waals surface area contributed by atoms with Crippen LogP contribution in [-0.2, 0) is 73.7 Å². The molecule has 0 aromatic carbocycles. The van der Waals surface area contributed by atoms with E-state index in [2.05, 4.69) is 45.3 Å². The lowest BCUT2D eigenvalue weighted by atomic mass is 10.4. The summed E-state index contributed by atoms with van der Waals surface area (Å²) in [5.41, 5.74) is 1.75. The minimum Gasteiger partial charge on any atom is -0.432 e. The van der Waals surface area contributed by atoms with Gasteiger partial charge in [0.1, 0.15) is 36.4 Å². The van der Waals surface area contributed by atoms with Gasteiger partial charge in [0.05, 0.1) is 62.9 Å². The van der Waals surface area contributed by atoms with E-state index in [0.29, 0.717) is 34.0 Å². The number of fused-ring (bicyclic) bond motifs is 2. The average molecular weight is 935 g/mol. The third-order valence-corrected chi connectivity index (χ3v) is 9.99. The Morgan fingerprint density at radius 1 is 0.603 bits per heavy atom. The molecular weight excluding hydrogens is 882 g/mol. The van der Waals surface area contributed by atoms with Gasteiger partial charge in [-0.3, -0.25) is 22.7 Å². The van der Waals surface area contributed by atoms with Crippen molar-refractivity contribution in [2.75, 3.05) is 50.4 Å². The molecule has 3 unspecified atom stereocenters. The van der Waals surface area contributed by atoms with Gasteiger partial charge in [-0.2, -0.15) is 0 Å². The maximum Gasteiger partial charge on any atom is 0.510 e. The predicted molar refractivity (Wildman–Crippen MR) is 217 cm³/mol. The van der Waals surface area contributed by atoms with E-state index in [9.17, 15) is 28.4 Å². The number of carbonyl (C=O) groups is 3. The van der Waals surface area contributed by atoms with Crippen LogP contribution >= 0.6 is 15.2 Å². The van der Waals surface area contributed by atoms with E-state index in [4.69, 9.17) is 46.7 Å². The summed E-state index contributed by atoms with van der Waals surface area (Å²) < 4.78 is 84.4. The zero-order valence-electron chi connectivity index (χ0n) is 35.8. The molecular formula is C34H52N10O17P2. The second-order valence-electron chi connectivity index (χ2n) is 14.0. The zero-order chi connectivity index (χ0) is 46.2. The first kappa shape index (κ1) is 50.4. The van der Waals surface area contributed by atoms with E-state index in [1.807, 2.05) is 0 Å². The highest BCUT2D eigenvalue weighted by Gasteiger charge is 2.29. The molecule has 0 bridgehead atoms. The molecule has 0 spiro atoms. The van der Waals surface area contributed by atoms with E-state index in [1.54, 1.807) is 64.5 Å². The van der Waals surface area contributed by atoms with Crippen molar-refractivity contribution in [3.8, 4) is 0 Å². The highest BCUT2D eigenvalue weighted by atomic mass is 31.2. The second kappa shape index (κ2) is 24.0. The number of nitrogens with zero attached hydrogens (tertiary/aromatic N) is 8. The van der Waals surface area contributed by atoms with Crippen molar-refractivity contribution in [1.82, 2.24) is 39.0 Å². The maximum atomic E-state index is 13.5. The number of rotatable bonds is 26. The van der Waals surface area contributed by atoms with Gasteiger partial charge >= 0.3 is 33.7 Å². The number of anilines is 2. The Labute approximate surface area is 360 Å². The summed E-state index contributed by atoms with van der Waals surface area (Å²) in [6, 6.07) is 0. The molecule has 63 heavy (non-hydrogen) atoms. The van der Waals surface area contributed by atoms with Crippen LogP contribution in [0.1, 0.15) is 55.4 Å². The van der Waals surface area contributed by atoms with Crippen LogP contribution < -0.4 is 10.6 Å². The van der Waals surface area contributed by atoms with Gasteiger partial charge in [0.25, 0.3) is 0 Å². The molecule has 0 saturated carbocycles. The molecule has 0 saturated heterocycles. The molecule has 0 amide bonds. The first-order chi connectivity index (χ1) is 29.8. The normalized spacial score (nSPS) is 13.8. The molecule has 3 N–H and O–H groups in total. The highest BCUT2D eigenvalue weighted by Crippen LogP contribution is 2.48. The Kier molecular flexibility index (Phi) is 19.2. The van der Waals surface area contributed by atoms with Crippen molar-refractivity contribution in [2.45, 2.75) is 99.0 Å². The summed E-state index contributed by atoms with van der Waals surface area (Å²) >= 11 is 0. The third-order valence-electron chi connectivity index (χ3n) is 7.54. The molecule has 0 aliphatic carbocycles. The number of ether oxygens (including phenoxy) is 8. The lowest BCUT2D eigenvalue weighted by Gasteiger charge is -2.21. The van der Waals surface area contributed by atoms with Crippen LogP contribution in [0, 0.1) is 0 Å². The van der Waals surface area contributed by atoms with Gasteiger partial charge in [0.15, 0.2) is 22.9 Å². The average Bonchev–Trinajstić information content (AvgIpc) is 3.80. The van der Waals surface area contributed by atoms with Gasteiger partial charge in [0, 0.05) is 0 Å². The Balaban J connectivity index is 1.30. The molecule has 0 aliphatic heterocycles. The minimum absolute atomic E-state index is 0.120. The molecule has 3 atom stereocenters. The van der Waals surface area contributed by atoms with Gasteiger partial charge in [-0.25, -0.2) is 44.3 Å².